The molecule has 0 atom stereocenters. The summed E-state index contributed by atoms with van der Waals surface area (Å²) in [6.45, 7) is 1.88. The molecule has 0 aliphatic heterocycles. The quantitative estimate of drug-likeness (QED) is 0.490. The smallest absolute Gasteiger partial charge is 0.465 e. The third kappa shape index (κ3) is 6.55. The number of benzene rings is 1. The van der Waals surface area contributed by atoms with Crippen LogP contribution in [0.1, 0.15) is 6.92 Å². The van der Waals surface area contributed by atoms with E-state index >= 15 is 0 Å². The van der Waals surface area contributed by atoms with Crippen molar-refractivity contribution in [3.63, 3.8) is 0 Å². The molecule has 148 valence electrons. The summed E-state index contributed by atoms with van der Waals surface area (Å²) in [6.07, 6.45) is -5.05. The minimum Gasteiger partial charge on any atom is -0.465 e. The predicted molar refractivity (Wildman–Crippen MR) is 91.2 cm³/mol. The second-order valence-corrected chi connectivity index (χ2v) is 8.42. The first-order valence-corrected chi connectivity index (χ1v) is 10.4. The van der Waals surface area contributed by atoms with E-state index in [2.05, 4.69) is 14.9 Å². The fraction of sp³-hybridized carbons (Fsp3) is 0.308. The molecule has 0 amide bonds. The van der Waals surface area contributed by atoms with Gasteiger partial charge in [-0.3, -0.25) is 9.52 Å². The largest absolute Gasteiger partial charge is 0.573 e. The Hall–Kier alpha value is -2.06. The highest BCUT2D eigenvalue weighted by Gasteiger charge is 2.34. The van der Waals surface area contributed by atoms with Gasteiger partial charge in [-0.1, -0.05) is 35.2 Å². The number of thioether (sulfide) groups is 1. The molecule has 0 spiro atoms. The molecular formula is C13H12F3N3O5S3. The number of aromatic nitrogens is 2. The molecule has 8 nitrogen and oxygen atoms in total. The van der Waals surface area contributed by atoms with Gasteiger partial charge in [-0.05, 0) is 19.1 Å². The van der Waals surface area contributed by atoms with Crippen LogP contribution >= 0.6 is 23.1 Å². The number of halogens is 3. The van der Waals surface area contributed by atoms with Crippen molar-refractivity contribution in [2.75, 3.05) is 17.1 Å². The molecule has 0 radical (unpaired) electrons. The van der Waals surface area contributed by atoms with Gasteiger partial charge in [0, 0.05) is 0 Å². The highest BCUT2D eigenvalue weighted by atomic mass is 32.2. The number of hydrogen-bond acceptors (Lipinski definition) is 9. The minimum atomic E-state index is -5.05. The van der Waals surface area contributed by atoms with Gasteiger partial charge in [0.05, 0.1) is 12.4 Å². The Balaban J connectivity index is 2.13. The summed E-state index contributed by atoms with van der Waals surface area (Å²) in [6, 6.07) is 4.29. The first-order chi connectivity index (χ1) is 12.6. The summed E-state index contributed by atoms with van der Waals surface area (Å²) >= 11 is 1.80. The van der Waals surface area contributed by atoms with Crippen LogP contribution in [0, 0.1) is 0 Å². The van der Waals surface area contributed by atoms with Gasteiger partial charge in [-0.15, -0.1) is 23.4 Å². The van der Waals surface area contributed by atoms with Gasteiger partial charge in [-0.2, -0.15) is 0 Å². The Bertz CT molecular complexity index is 902. The van der Waals surface area contributed by atoms with Gasteiger partial charge in [0.15, 0.2) is 4.34 Å². The monoisotopic (exact) mass is 443 g/mol. The summed E-state index contributed by atoms with van der Waals surface area (Å²) in [7, 11) is -4.41. The van der Waals surface area contributed by atoms with E-state index in [0.29, 0.717) is 0 Å². The van der Waals surface area contributed by atoms with Gasteiger partial charge in [-0.25, -0.2) is 8.42 Å². The van der Waals surface area contributed by atoms with E-state index in [1.165, 1.54) is 12.1 Å². The first-order valence-electron chi connectivity index (χ1n) is 7.10. The van der Waals surface area contributed by atoms with E-state index in [0.717, 1.165) is 35.2 Å². The van der Waals surface area contributed by atoms with E-state index in [1.807, 2.05) is 4.72 Å². The predicted octanol–water partition coefficient (Wildman–Crippen LogP) is 2.89. The summed E-state index contributed by atoms with van der Waals surface area (Å²) in [5.74, 6) is -1.39. The number of rotatable bonds is 8. The molecule has 0 aliphatic carbocycles. The second kappa shape index (κ2) is 8.75. The van der Waals surface area contributed by atoms with Crippen LogP contribution in [0.2, 0.25) is 0 Å². The maximum absolute atomic E-state index is 12.4. The van der Waals surface area contributed by atoms with Crippen LogP contribution < -0.4 is 9.46 Å². The van der Waals surface area contributed by atoms with Crippen molar-refractivity contribution >= 4 is 44.2 Å². The number of esters is 1. The van der Waals surface area contributed by atoms with Crippen molar-refractivity contribution < 1.29 is 35.9 Å². The molecular weight excluding hydrogens is 431 g/mol. The third-order valence-corrected chi connectivity index (χ3v) is 6.06. The van der Waals surface area contributed by atoms with Crippen molar-refractivity contribution in [1.82, 2.24) is 10.2 Å². The van der Waals surface area contributed by atoms with Gasteiger partial charge >= 0.3 is 12.3 Å². The highest BCUT2D eigenvalue weighted by molar-refractivity contribution is 8.01. The zero-order valence-electron chi connectivity index (χ0n) is 13.5. The SMILES string of the molecule is CCOC(=O)CSc1nnc(NS(=O)(=O)c2ccccc2OC(F)(F)F)s1. The molecule has 1 N–H and O–H groups in total. The number of carbonyl (C=O) groups excluding carboxylic acids is 1. The maximum Gasteiger partial charge on any atom is 0.573 e. The van der Waals surface area contributed by atoms with Gasteiger partial charge in [0.2, 0.25) is 5.13 Å². The fourth-order valence-electron chi connectivity index (χ4n) is 1.68. The summed E-state index contributed by atoms with van der Waals surface area (Å²) in [5.41, 5.74) is 0. The van der Waals surface area contributed by atoms with E-state index in [1.54, 1.807) is 6.92 Å². The molecule has 1 aromatic carbocycles. The Morgan fingerprint density at radius 2 is 2.00 bits per heavy atom. The van der Waals surface area contributed by atoms with Crippen LogP contribution in [0.25, 0.3) is 0 Å². The van der Waals surface area contributed by atoms with Gasteiger partial charge in [0.25, 0.3) is 10.0 Å². The highest BCUT2D eigenvalue weighted by Crippen LogP contribution is 2.32. The van der Waals surface area contributed by atoms with E-state index in [-0.39, 0.29) is 21.8 Å². The van der Waals surface area contributed by atoms with Gasteiger partial charge in [0.1, 0.15) is 10.6 Å². The lowest BCUT2D eigenvalue weighted by atomic mass is 10.3. The van der Waals surface area contributed by atoms with Crippen LogP contribution in [0.3, 0.4) is 0 Å². The van der Waals surface area contributed by atoms with Crippen LogP contribution in [0.15, 0.2) is 33.5 Å². The van der Waals surface area contributed by atoms with Crippen molar-refractivity contribution in [3.8, 4) is 5.75 Å². The Morgan fingerprint density at radius 3 is 2.67 bits per heavy atom. The molecule has 0 fully saturated rings. The Labute approximate surface area is 160 Å². The van der Waals surface area contributed by atoms with Crippen molar-refractivity contribution in [1.29, 1.82) is 0 Å². The molecule has 27 heavy (non-hydrogen) atoms. The maximum atomic E-state index is 12.4. The topological polar surface area (TPSA) is 107 Å². The molecule has 0 saturated carbocycles. The number of para-hydroxylation sites is 1. The molecule has 14 heteroatoms. The molecule has 1 heterocycles. The van der Waals surface area contributed by atoms with Crippen LogP contribution in [-0.4, -0.2) is 43.3 Å². The molecule has 0 aliphatic rings. The van der Waals surface area contributed by atoms with E-state index in [4.69, 9.17) is 4.74 Å². The number of ether oxygens (including phenoxy) is 2. The van der Waals surface area contributed by atoms with Crippen LogP contribution in [0.5, 0.6) is 5.75 Å². The van der Waals surface area contributed by atoms with E-state index in [9.17, 15) is 26.4 Å². The number of alkyl halides is 3. The Kier molecular flexibility index (Phi) is 6.89. The van der Waals surface area contributed by atoms with Crippen molar-refractivity contribution in [3.05, 3.63) is 24.3 Å². The number of carbonyl (C=O) groups is 1. The van der Waals surface area contributed by atoms with E-state index < -0.39 is 33.0 Å². The summed E-state index contributed by atoms with van der Waals surface area (Å²) in [4.78, 5) is 10.6. The van der Waals surface area contributed by atoms with Crippen molar-refractivity contribution in [2.24, 2.45) is 0 Å². The lowest BCUT2D eigenvalue weighted by Gasteiger charge is -2.13. The third-order valence-electron chi connectivity index (χ3n) is 2.61. The summed E-state index contributed by atoms with van der Waals surface area (Å²) < 4.78 is 72.9. The normalized spacial score (nSPS) is 11.9. The van der Waals surface area contributed by atoms with Crippen LogP contribution in [0.4, 0.5) is 18.3 Å². The minimum absolute atomic E-state index is 0.0442. The number of anilines is 1. The lowest BCUT2D eigenvalue weighted by molar-refractivity contribution is -0.275. The number of nitrogens with one attached hydrogen (secondary N) is 1. The zero-order valence-corrected chi connectivity index (χ0v) is 16.0. The number of sulfonamides is 1. The molecule has 0 bridgehead atoms. The summed E-state index contributed by atoms with van der Waals surface area (Å²) in [5, 5.41) is 7.11. The fourth-order valence-corrected chi connectivity index (χ4v) is 4.59. The van der Waals surface area contributed by atoms with Crippen molar-refractivity contribution in [2.45, 2.75) is 22.5 Å². The van der Waals surface area contributed by atoms with Gasteiger partial charge < -0.3 is 9.47 Å². The zero-order chi connectivity index (χ0) is 20.1. The lowest BCUT2D eigenvalue weighted by Crippen LogP contribution is -2.20. The average molecular weight is 443 g/mol. The average Bonchev–Trinajstić information content (AvgIpc) is 2.99. The van der Waals surface area contributed by atoms with Crippen LogP contribution in [-0.2, 0) is 19.6 Å². The molecule has 0 saturated heterocycles. The standard InChI is InChI=1S/C13H12F3N3O5S3/c1-2-23-10(20)7-25-12-18-17-11(26-12)19-27(21,22)9-6-4-3-5-8(9)24-13(14,15)16/h3-6H,2,7H2,1H3,(H,17,19). The number of nitrogens with zero attached hydrogens (tertiary/aromatic N) is 2. The molecule has 1 aromatic heterocycles. The molecule has 0 unspecified atom stereocenters. The Morgan fingerprint density at radius 1 is 1.30 bits per heavy atom. The second-order valence-electron chi connectivity index (χ2n) is 4.57. The molecule has 2 aromatic rings. The number of hydrogen-bond donors (Lipinski definition) is 1. The first kappa shape index (κ1) is 21.2. The molecule has 2 rings (SSSR count).